The van der Waals surface area contributed by atoms with Gasteiger partial charge in [-0.3, -0.25) is 10.2 Å². The maximum absolute atomic E-state index is 11.5. The summed E-state index contributed by atoms with van der Waals surface area (Å²) >= 11 is 0. The predicted octanol–water partition coefficient (Wildman–Crippen LogP) is -1.38. The highest BCUT2D eigenvalue weighted by atomic mass is 16.2. The normalized spacial score (nSPS) is 20.6. The van der Waals surface area contributed by atoms with Crippen LogP contribution in [0.2, 0.25) is 0 Å². The van der Waals surface area contributed by atoms with Gasteiger partial charge in [0.25, 0.3) is 5.91 Å². The van der Waals surface area contributed by atoms with E-state index < -0.39 is 6.04 Å². The van der Waals surface area contributed by atoms with Gasteiger partial charge < -0.3 is 10.6 Å². The first-order valence-corrected chi connectivity index (χ1v) is 5.06. The lowest BCUT2D eigenvalue weighted by Gasteiger charge is -2.32. The van der Waals surface area contributed by atoms with E-state index >= 15 is 0 Å². The van der Waals surface area contributed by atoms with Crippen LogP contribution in [0.3, 0.4) is 0 Å². The highest BCUT2D eigenvalue weighted by Crippen LogP contribution is 1.96. The molecule has 0 aliphatic carbocycles. The van der Waals surface area contributed by atoms with Gasteiger partial charge in [0.1, 0.15) is 0 Å². The highest BCUT2D eigenvalue weighted by molar-refractivity contribution is 5.81. The van der Waals surface area contributed by atoms with E-state index in [4.69, 9.17) is 12.2 Å². The second kappa shape index (κ2) is 5.71. The van der Waals surface area contributed by atoms with Gasteiger partial charge in [-0.1, -0.05) is 0 Å². The molecule has 1 aliphatic heterocycles. The summed E-state index contributed by atoms with van der Waals surface area (Å²) in [5, 5.41) is 1.89. The van der Waals surface area contributed by atoms with E-state index in [1.54, 1.807) is 0 Å². The van der Waals surface area contributed by atoms with Crippen LogP contribution >= 0.6 is 0 Å². The molecule has 1 atom stereocenters. The number of amides is 1. The molecule has 0 aromatic heterocycles. The van der Waals surface area contributed by atoms with Crippen LogP contribution in [0.25, 0.3) is 0 Å². The van der Waals surface area contributed by atoms with Gasteiger partial charge in [0, 0.05) is 32.6 Å². The average Bonchev–Trinajstić information content (AvgIpc) is 2.22. The van der Waals surface area contributed by atoms with Crippen molar-refractivity contribution in [2.75, 3.05) is 33.2 Å². The fourth-order valence-corrected chi connectivity index (χ4v) is 1.38. The Morgan fingerprint density at radius 1 is 1.53 bits per heavy atom. The number of hydrogen-bond donors (Lipinski definition) is 2. The molecule has 1 rings (SSSR count). The number of nitrogens with one attached hydrogen (secondary N) is 1. The van der Waals surface area contributed by atoms with E-state index in [1.165, 1.54) is 0 Å². The van der Waals surface area contributed by atoms with Crippen molar-refractivity contribution >= 4 is 5.91 Å². The molecule has 1 heterocycles. The lowest BCUT2D eigenvalue weighted by Crippen LogP contribution is -2.55. The molecule has 0 radical (unpaired) electrons. The van der Waals surface area contributed by atoms with Crippen LogP contribution < -0.4 is 11.2 Å². The van der Waals surface area contributed by atoms with Gasteiger partial charge in [-0.05, 0) is 7.05 Å². The molecule has 3 N–H and O–H groups in total. The summed E-state index contributed by atoms with van der Waals surface area (Å²) in [6.45, 7) is 3.55. The minimum Gasteiger partial charge on any atom is -0.319 e. The van der Waals surface area contributed by atoms with Crippen LogP contribution in [0.4, 0.5) is 0 Å². The Kier molecular flexibility index (Phi) is 4.56. The molecule has 0 spiro atoms. The third kappa shape index (κ3) is 3.88. The summed E-state index contributed by atoms with van der Waals surface area (Å²) in [4.78, 5) is 13.7. The number of piperazine rings is 1. The molecule has 0 bridgehead atoms. The third-order valence-corrected chi connectivity index (χ3v) is 2.45. The number of nitrogens with zero attached hydrogens (tertiary/aromatic N) is 2. The van der Waals surface area contributed by atoms with E-state index in [-0.39, 0.29) is 12.3 Å². The predicted molar refractivity (Wildman–Crippen MR) is 58.6 cm³/mol. The van der Waals surface area contributed by atoms with Crippen LogP contribution in [0.1, 0.15) is 6.42 Å². The fraction of sp³-hybridized carbons (Fsp3) is 0.700. The molecule has 0 aromatic carbocycles. The van der Waals surface area contributed by atoms with E-state index in [0.717, 1.165) is 26.2 Å². The van der Waals surface area contributed by atoms with Crippen LogP contribution in [0.15, 0.2) is 0 Å². The summed E-state index contributed by atoms with van der Waals surface area (Å²) in [6.07, 6.45) is 5.37. The summed E-state index contributed by atoms with van der Waals surface area (Å²) in [6, 6.07) is -0.602. The number of carbonyl (C=O) groups is 1. The van der Waals surface area contributed by atoms with Crippen LogP contribution in [-0.2, 0) is 4.79 Å². The maximum atomic E-state index is 11.5. The van der Waals surface area contributed by atoms with E-state index in [2.05, 4.69) is 23.3 Å². The molecule has 1 saturated heterocycles. The van der Waals surface area contributed by atoms with Gasteiger partial charge >= 0.3 is 0 Å². The Morgan fingerprint density at radius 3 is 2.67 bits per heavy atom. The van der Waals surface area contributed by atoms with Crippen molar-refractivity contribution in [3.63, 3.8) is 0 Å². The van der Waals surface area contributed by atoms with Gasteiger partial charge in [-0.15, -0.1) is 12.3 Å². The van der Waals surface area contributed by atoms with Crippen LogP contribution in [0, 0.1) is 12.3 Å². The Bertz CT molecular complexity index is 253. The zero-order valence-corrected chi connectivity index (χ0v) is 9.07. The number of rotatable bonds is 3. The molecule has 1 aliphatic rings. The topological polar surface area (TPSA) is 61.6 Å². The van der Waals surface area contributed by atoms with Crippen LogP contribution in [0.5, 0.6) is 0 Å². The van der Waals surface area contributed by atoms with Crippen molar-refractivity contribution in [1.29, 1.82) is 0 Å². The lowest BCUT2D eigenvalue weighted by atomic mass is 10.2. The average molecular weight is 210 g/mol. The minimum absolute atomic E-state index is 0.197. The smallest absolute Gasteiger partial charge is 0.252 e. The van der Waals surface area contributed by atoms with Crippen molar-refractivity contribution in [3.8, 4) is 12.3 Å². The molecule has 1 amide bonds. The van der Waals surface area contributed by atoms with Crippen molar-refractivity contribution in [2.45, 2.75) is 12.5 Å². The fourth-order valence-electron chi connectivity index (χ4n) is 1.38. The first-order valence-electron chi connectivity index (χ1n) is 5.06. The number of likely N-dealkylation sites (N-methyl/N-ethyl adjacent to an activating group) is 1. The quantitative estimate of drug-likeness (QED) is 0.563. The highest BCUT2D eigenvalue weighted by Gasteiger charge is 2.18. The number of terminal acetylenes is 1. The Morgan fingerprint density at radius 2 is 2.13 bits per heavy atom. The van der Waals surface area contributed by atoms with Gasteiger partial charge in [-0.25, -0.2) is 5.01 Å². The number of hydrazine groups is 1. The number of nitrogens with two attached hydrogens (primary N) is 1. The van der Waals surface area contributed by atoms with Gasteiger partial charge in [0.05, 0.1) is 6.04 Å². The molecule has 0 saturated carbocycles. The van der Waals surface area contributed by atoms with Crippen molar-refractivity contribution in [3.05, 3.63) is 0 Å². The largest absolute Gasteiger partial charge is 0.319 e. The number of carbonyl (C=O) groups excluding carboxylic acids is 1. The maximum Gasteiger partial charge on any atom is 0.252 e. The zero-order valence-electron chi connectivity index (χ0n) is 9.07. The second-order valence-corrected chi connectivity index (χ2v) is 3.78. The Labute approximate surface area is 90.6 Å². The molecule has 1 unspecified atom stereocenters. The SMILES string of the molecule is C#CCC(N)C(=O)NN1CCN(C)CC1. The van der Waals surface area contributed by atoms with Gasteiger partial charge in [0.15, 0.2) is 0 Å². The molecule has 84 valence electrons. The first-order chi connectivity index (χ1) is 7.13. The third-order valence-electron chi connectivity index (χ3n) is 2.45. The zero-order chi connectivity index (χ0) is 11.3. The van der Waals surface area contributed by atoms with Gasteiger partial charge in [-0.2, -0.15) is 0 Å². The molecule has 0 aromatic rings. The summed E-state index contributed by atoms with van der Waals surface area (Å²) in [5.74, 6) is 2.18. The van der Waals surface area contributed by atoms with Crippen LogP contribution in [-0.4, -0.2) is 55.1 Å². The summed E-state index contributed by atoms with van der Waals surface area (Å²) in [7, 11) is 2.06. The summed E-state index contributed by atoms with van der Waals surface area (Å²) in [5.41, 5.74) is 8.35. The molecule has 1 fully saturated rings. The lowest BCUT2D eigenvalue weighted by molar-refractivity contribution is -0.127. The standard InChI is InChI=1S/C10H18N4O/c1-3-4-9(11)10(15)12-14-7-5-13(2)6-8-14/h1,9H,4-8,11H2,2H3,(H,12,15). The van der Waals surface area contributed by atoms with Crippen molar-refractivity contribution < 1.29 is 4.79 Å². The van der Waals surface area contributed by atoms with Gasteiger partial charge in [0.2, 0.25) is 0 Å². The molecule has 5 nitrogen and oxygen atoms in total. The number of hydrogen-bond acceptors (Lipinski definition) is 4. The first kappa shape index (κ1) is 12.0. The van der Waals surface area contributed by atoms with Crippen molar-refractivity contribution in [2.24, 2.45) is 5.73 Å². The Balaban J connectivity index is 2.29. The minimum atomic E-state index is -0.602. The van der Waals surface area contributed by atoms with E-state index in [0.29, 0.717) is 0 Å². The molecule has 15 heavy (non-hydrogen) atoms. The second-order valence-electron chi connectivity index (χ2n) is 3.78. The summed E-state index contributed by atoms with van der Waals surface area (Å²) < 4.78 is 0. The molecular weight excluding hydrogens is 192 g/mol. The van der Waals surface area contributed by atoms with Crippen molar-refractivity contribution in [1.82, 2.24) is 15.3 Å². The van der Waals surface area contributed by atoms with E-state index in [1.807, 2.05) is 5.01 Å². The Hall–Kier alpha value is -1.09. The van der Waals surface area contributed by atoms with E-state index in [9.17, 15) is 4.79 Å². The molecule has 5 heteroatoms. The monoisotopic (exact) mass is 210 g/mol. The molecular formula is C10H18N4O.